The van der Waals surface area contributed by atoms with Crippen molar-refractivity contribution >= 4 is 29.4 Å². The summed E-state index contributed by atoms with van der Waals surface area (Å²) in [6.07, 6.45) is 3.03. The van der Waals surface area contributed by atoms with Crippen LogP contribution in [0.5, 0.6) is 0 Å². The van der Waals surface area contributed by atoms with E-state index in [9.17, 15) is 14.4 Å². The maximum atomic E-state index is 11.9. The fourth-order valence-electron chi connectivity index (χ4n) is 2.08. The molecule has 2 N–H and O–H groups in total. The summed E-state index contributed by atoms with van der Waals surface area (Å²) in [5.41, 5.74) is 0.606. The molecule has 1 unspecified atom stereocenters. The van der Waals surface area contributed by atoms with Gasteiger partial charge in [-0.2, -0.15) is 11.8 Å². The van der Waals surface area contributed by atoms with Crippen LogP contribution >= 0.6 is 11.8 Å². The van der Waals surface area contributed by atoms with Gasteiger partial charge in [-0.05, 0) is 31.8 Å². The number of Topliss-reactive ketones (excluding diaryl/α,β-unsaturated/α-hetero) is 1. The van der Waals surface area contributed by atoms with Gasteiger partial charge in [-0.1, -0.05) is 13.5 Å². The molecule has 0 aromatic rings. The van der Waals surface area contributed by atoms with Crippen molar-refractivity contribution in [1.82, 2.24) is 5.32 Å². The molecule has 162 valence electrons. The van der Waals surface area contributed by atoms with Gasteiger partial charge in [0, 0.05) is 43.6 Å². The third-order valence-electron chi connectivity index (χ3n) is 3.83. The number of carboxylic acid groups (broad SMARTS) is 1. The molecular formula is C20H35NO6S. The van der Waals surface area contributed by atoms with Crippen molar-refractivity contribution in [3.8, 4) is 0 Å². The first kappa shape index (κ1) is 26.6. The molecule has 1 amide bonds. The van der Waals surface area contributed by atoms with E-state index < -0.39 is 5.97 Å². The summed E-state index contributed by atoms with van der Waals surface area (Å²) in [5, 5.41) is 11.4. The number of unbranched alkanes of at least 4 members (excludes halogenated alkanes) is 1. The van der Waals surface area contributed by atoms with Crippen LogP contribution in [0, 0.1) is 5.92 Å². The van der Waals surface area contributed by atoms with Gasteiger partial charge in [-0.15, -0.1) is 0 Å². The number of allylic oxidation sites excluding steroid dienone is 1. The maximum absolute atomic E-state index is 11.9. The SMILES string of the molecule is C=C(C)C(=O)CCCCOCCOCCCNC(=O)C(C)CSCCC(=O)O. The average molecular weight is 418 g/mol. The second kappa shape index (κ2) is 17.7. The second-order valence-electron chi connectivity index (χ2n) is 6.65. The van der Waals surface area contributed by atoms with Gasteiger partial charge in [0.15, 0.2) is 5.78 Å². The number of carboxylic acids is 1. The summed E-state index contributed by atoms with van der Waals surface area (Å²) in [5.74, 6) is 0.283. The molecule has 0 bridgehead atoms. The van der Waals surface area contributed by atoms with Gasteiger partial charge < -0.3 is 19.9 Å². The molecule has 0 aliphatic heterocycles. The number of thioether (sulfide) groups is 1. The molecule has 0 spiro atoms. The molecule has 0 radical (unpaired) electrons. The fourth-order valence-corrected chi connectivity index (χ4v) is 3.07. The summed E-state index contributed by atoms with van der Waals surface area (Å²) in [4.78, 5) is 33.7. The Hall–Kier alpha value is -1.38. The van der Waals surface area contributed by atoms with Gasteiger partial charge in [0.05, 0.1) is 19.6 Å². The molecule has 0 aliphatic carbocycles. The summed E-state index contributed by atoms with van der Waals surface area (Å²) in [7, 11) is 0. The van der Waals surface area contributed by atoms with Crippen LogP contribution in [0.25, 0.3) is 0 Å². The molecule has 0 fully saturated rings. The first-order valence-electron chi connectivity index (χ1n) is 9.76. The number of hydrogen-bond acceptors (Lipinski definition) is 6. The number of amides is 1. The van der Waals surface area contributed by atoms with E-state index in [2.05, 4.69) is 11.9 Å². The number of aliphatic carboxylic acids is 1. The molecule has 28 heavy (non-hydrogen) atoms. The third-order valence-corrected chi connectivity index (χ3v) is 5.06. The average Bonchev–Trinajstić information content (AvgIpc) is 2.65. The van der Waals surface area contributed by atoms with E-state index in [0.29, 0.717) is 56.5 Å². The third kappa shape index (κ3) is 16.8. The molecule has 1 atom stereocenters. The first-order chi connectivity index (χ1) is 13.3. The minimum absolute atomic E-state index is 0.0173. The first-order valence-corrected chi connectivity index (χ1v) is 10.9. The smallest absolute Gasteiger partial charge is 0.304 e. The van der Waals surface area contributed by atoms with Crippen LogP contribution in [0.1, 0.15) is 46.0 Å². The summed E-state index contributed by atoms with van der Waals surface area (Å²) < 4.78 is 10.9. The molecule has 0 aliphatic rings. The zero-order valence-corrected chi connectivity index (χ0v) is 18.0. The monoisotopic (exact) mass is 417 g/mol. The molecule has 7 nitrogen and oxygen atoms in total. The van der Waals surface area contributed by atoms with Crippen LogP contribution in [-0.2, 0) is 23.9 Å². The Bertz CT molecular complexity index is 483. The van der Waals surface area contributed by atoms with Crippen LogP contribution in [0.3, 0.4) is 0 Å². The highest BCUT2D eigenvalue weighted by atomic mass is 32.2. The van der Waals surface area contributed by atoms with Crippen LogP contribution in [0.2, 0.25) is 0 Å². The normalized spacial score (nSPS) is 11.8. The summed E-state index contributed by atoms with van der Waals surface area (Å²) in [6, 6.07) is 0. The Kier molecular flexibility index (Phi) is 16.8. The predicted molar refractivity (Wildman–Crippen MR) is 112 cm³/mol. The van der Waals surface area contributed by atoms with E-state index >= 15 is 0 Å². The topological polar surface area (TPSA) is 102 Å². The van der Waals surface area contributed by atoms with E-state index in [1.807, 2.05) is 6.92 Å². The lowest BCUT2D eigenvalue weighted by molar-refractivity contribution is -0.136. The number of ether oxygens (including phenoxy) is 2. The summed E-state index contributed by atoms with van der Waals surface area (Å²) in [6.45, 7) is 9.95. The van der Waals surface area contributed by atoms with E-state index in [1.165, 1.54) is 11.8 Å². The molecule has 0 aromatic carbocycles. The van der Waals surface area contributed by atoms with E-state index in [1.54, 1.807) is 6.92 Å². The minimum Gasteiger partial charge on any atom is -0.481 e. The highest BCUT2D eigenvalue weighted by Crippen LogP contribution is 2.09. The molecular weight excluding hydrogens is 382 g/mol. The number of rotatable bonds is 19. The van der Waals surface area contributed by atoms with Gasteiger partial charge in [0.1, 0.15) is 0 Å². The Morgan fingerprint density at radius 1 is 1.04 bits per heavy atom. The molecule has 0 saturated carbocycles. The van der Waals surface area contributed by atoms with Crippen molar-refractivity contribution in [3.63, 3.8) is 0 Å². The van der Waals surface area contributed by atoms with Gasteiger partial charge in [0.25, 0.3) is 0 Å². The van der Waals surface area contributed by atoms with Crippen LogP contribution in [0.15, 0.2) is 12.2 Å². The lowest BCUT2D eigenvalue weighted by atomic mass is 10.1. The molecule has 0 rings (SSSR count). The molecule has 0 saturated heterocycles. The Morgan fingerprint density at radius 3 is 2.29 bits per heavy atom. The van der Waals surface area contributed by atoms with Crippen molar-refractivity contribution in [2.45, 2.75) is 46.0 Å². The van der Waals surface area contributed by atoms with Crippen molar-refractivity contribution < 1.29 is 29.0 Å². The number of carbonyl (C=O) groups is 3. The van der Waals surface area contributed by atoms with E-state index in [-0.39, 0.29) is 24.0 Å². The van der Waals surface area contributed by atoms with Gasteiger partial charge >= 0.3 is 5.97 Å². The van der Waals surface area contributed by atoms with Crippen molar-refractivity contribution in [2.24, 2.45) is 5.92 Å². The van der Waals surface area contributed by atoms with Gasteiger partial charge in [-0.3, -0.25) is 14.4 Å². The second-order valence-corrected chi connectivity index (χ2v) is 7.80. The molecule has 0 aromatic heterocycles. The van der Waals surface area contributed by atoms with Crippen LogP contribution in [-0.4, -0.2) is 67.2 Å². The number of ketones is 1. The van der Waals surface area contributed by atoms with E-state index in [0.717, 1.165) is 19.3 Å². The van der Waals surface area contributed by atoms with Crippen molar-refractivity contribution in [1.29, 1.82) is 0 Å². The summed E-state index contributed by atoms with van der Waals surface area (Å²) >= 11 is 1.48. The minimum atomic E-state index is -0.815. The highest BCUT2D eigenvalue weighted by molar-refractivity contribution is 7.99. The van der Waals surface area contributed by atoms with Crippen molar-refractivity contribution in [3.05, 3.63) is 12.2 Å². The maximum Gasteiger partial charge on any atom is 0.304 e. The largest absolute Gasteiger partial charge is 0.481 e. The number of hydrogen-bond donors (Lipinski definition) is 2. The fraction of sp³-hybridized carbons (Fsp3) is 0.750. The number of carbonyl (C=O) groups excluding carboxylic acids is 2. The Balaban J connectivity index is 3.38. The standard InChI is InChI=1S/C20H35NO6S/c1-16(2)18(22)7-4-5-10-26-12-13-27-11-6-9-21-20(25)17(3)15-28-14-8-19(23)24/h17H,1,4-15H2,2-3H3,(H,21,25)(H,23,24). The van der Waals surface area contributed by atoms with Crippen molar-refractivity contribution in [2.75, 3.05) is 44.5 Å². The quantitative estimate of drug-likeness (QED) is 0.246. The molecule has 0 heterocycles. The Morgan fingerprint density at radius 2 is 1.68 bits per heavy atom. The van der Waals surface area contributed by atoms with Gasteiger partial charge in [-0.25, -0.2) is 0 Å². The predicted octanol–water partition coefficient (Wildman–Crippen LogP) is 2.69. The van der Waals surface area contributed by atoms with E-state index in [4.69, 9.17) is 14.6 Å². The molecule has 8 heteroatoms. The van der Waals surface area contributed by atoms with Crippen LogP contribution in [0.4, 0.5) is 0 Å². The zero-order valence-electron chi connectivity index (χ0n) is 17.2. The Labute approximate surface area is 172 Å². The van der Waals surface area contributed by atoms with Crippen LogP contribution < -0.4 is 5.32 Å². The number of nitrogens with one attached hydrogen (secondary N) is 1. The lowest BCUT2D eigenvalue weighted by Crippen LogP contribution is -2.31. The lowest BCUT2D eigenvalue weighted by Gasteiger charge is -2.12. The highest BCUT2D eigenvalue weighted by Gasteiger charge is 2.12. The zero-order chi connectivity index (χ0) is 21.2. The van der Waals surface area contributed by atoms with Gasteiger partial charge in [0.2, 0.25) is 5.91 Å².